The number of alkyl halides is 3. The summed E-state index contributed by atoms with van der Waals surface area (Å²) in [6.07, 6.45) is -3.00. The van der Waals surface area contributed by atoms with Gasteiger partial charge in [-0.25, -0.2) is 0 Å². The van der Waals surface area contributed by atoms with Crippen LogP contribution in [0.3, 0.4) is 0 Å². The molecule has 3 aromatic rings. The van der Waals surface area contributed by atoms with Gasteiger partial charge in [-0.15, -0.1) is 0 Å². The number of methoxy groups -OCH3 is 1. The maximum Gasteiger partial charge on any atom is 0.418 e. The van der Waals surface area contributed by atoms with Crippen molar-refractivity contribution in [3.05, 3.63) is 48.2 Å². The molecule has 6 nitrogen and oxygen atoms in total. The topological polar surface area (TPSA) is 52.7 Å². The van der Waals surface area contributed by atoms with Crippen LogP contribution in [0.2, 0.25) is 0 Å². The summed E-state index contributed by atoms with van der Waals surface area (Å²) in [5.41, 5.74) is 2.33. The lowest BCUT2D eigenvalue weighted by atomic mass is 10.1. The first-order chi connectivity index (χ1) is 15.4. The standard InChI is InChI=1S/C23H24F3N5O/c1-14-29-18-13-28-21-16(4-3-5-20(21)32-2)22(18)31(14)15-6-7-19(17(12-15)23(24,25)26)30-10-8-27-9-11-30/h3-7,12-14,27,29H,8-11H2,1-2H3. The highest BCUT2D eigenvalue weighted by atomic mass is 19.4. The zero-order valence-corrected chi connectivity index (χ0v) is 17.8. The van der Waals surface area contributed by atoms with E-state index in [1.807, 2.05) is 30.0 Å². The first-order valence-electron chi connectivity index (χ1n) is 10.6. The second kappa shape index (κ2) is 7.74. The largest absolute Gasteiger partial charge is 0.494 e. The summed E-state index contributed by atoms with van der Waals surface area (Å²) >= 11 is 0. The fraction of sp³-hybridized carbons (Fsp3) is 0.348. The number of rotatable bonds is 3. The number of fused-ring (bicyclic) bond motifs is 3. The minimum atomic E-state index is -4.46. The number of piperazine rings is 1. The predicted molar refractivity (Wildman–Crippen MR) is 120 cm³/mol. The summed E-state index contributed by atoms with van der Waals surface area (Å²) < 4.78 is 47.8. The Hall–Kier alpha value is -3.20. The van der Waals surface area contributed by atoms with E-state index in [9.17, 15) is 13.2 Å². The highest BCUT2D eigenvalue weighted by Crippen LogP contribution is 2.47. The van der Waals surface area contributed by atoms with Crippen LogP contribution in [0.15, 0.2) is 42.6 Å². The Labute approximate surface area is 184 Å². The fourth-order valence-electron chi connectivity index (χ4n) is 4.63. The summed E-state index contributed by atoms with van der Waals surface area (Å²) in [6, 6.07) is 10.2. The van der Waals surface area contributed by atoms with Crippen LogP contribution in [0.4, 0.5) is 35.9 Å². The molecule has 1 fully saturated rings. The Balaban J connectivity index is 1.65. The van der Waals surface area contributed by atoms with Crippen LogP contribution in [0.25, 0.3) is 10.9 Å². The summed E-state index contributed by atoms with van der Waals surface area (Å²) in [6.45, 7) is 4.34. The minimum absolute atomic E-state index is 0.226. The summed E-state index contributed by atoms with van der Waals surface area (Å²) in [5.74, 6) is 0.620. The van der Waals surface area contributed by atoms with Crippen LogP contribution in [-0.2, 0) is 6.18 Å². The Morgan fingerprint density at radius 1 is 1.12 bits per heavy atom. The smallest absolute Gasteiger partial charge is 0.418 e. The van der Waals surface area contributed by atoms with E-state index >= 15 is 0 Å². The number of pyridine rings is 1. The number of nitrogens with one attached hydrogen (secondary N) is 2. The third-order valence-corrected chi connectivity index (χ3v) is 6.07. The maximum atomic E-state index is 14.1. The molecule has 1 aromatic heterocycles. The van der Waals surface area contributed by atoms with Gasteiger partial charge in [-0.2, -0.15) is 13.2 Å². The van der Waals surface area contributed by atoms with Gasteiger partial charge in [0.05, 0.1) is 30.2 Å². The van der Waals surface area contributed by atoms with Crippen molar-refractivity contribution in [2.75, 3.05) is 48.4 Å². The monoisotopic (exact) mass is 443 g/mol. The number of ether oxygens (including phenoxy) is 1. The Morgan fingerprint density at radius 2 is 1.91 bits per heavy atom. The number of aromatic nitrogens is 1. The lowest BCUT2D eigenvalue weighted by Crippen LogP contribution is -2.44. The van der Waals surface area contributed by atoms with E-state index in [1.165, 1.54) is 6.07 Å². The fourth-order valence-corrected chi connectivity index (χ4v) is 4.63. The Morgan fingerprint density at radius 3 is 2.62 bits per heavy atom. The first kappa shape index (κ1) is 20.7. The van der Waals surface area contributed by atoms with E-state index in [0.29, 0.717) is 43.1 Å². The van der Waals surface area contributed by atoms with Crippen molar-refractivity contribution < 1.29 is 17.9 Å². The van der Waals surface area contributed by atoms with Gasteiger partial charge in [-0.3, -0.25) is 4.98 Å². The molecule has 0 spiro atoms. The molecule has 2 aliphatic rings. The average Bonchev–Trinajstić information content (AvgIpc) is 3.14. The molecule has 5 rings (SSSR count). The highest BCUT2D eigenvalue weighted by molar-refractivity contribution is 6.04. The second-order valence-electron chi connectivity index (χ2n) is 8.00. The molecule has 3 heterocycles. The van der Waals surface area contributed by atoms with Gasteiger partial charge in [0.1, 0.15) is 17.4 Å². The highest BCUT2D eigenvalue weighted by Gasteiger charge is 2.37. The molecule has 32 heavy (non-hydrogen) atoms. The van der Waals surface area contributed by atoms with Gasteiger partial charge in [-0.05, 0) is 31.2 Å². The van der Waals surface area contributed by atoms with Crippen molar-refractivity contribution >= 4 is 33.7 Å². The van der Waals surface area contributed by atoms with Crippen molar-refractivity contribution in [3.63, 3.8) is 0 Å². The lowest BCUT2D eigenvalue weighted by Gasteiger charge is -2.33. The van der Waals surface area contributed by atoms with Gasteiger partial charge < -0.3 is 25.2 Å². The SMILES string of the molecule is COc1cccc2c3c(cnc12)NC(C)N3c1ccc(N2CCNCC2)c(C(F)(F)F)c1. The first-order valence-corrected chi connectivity index (χ1v) is 10.6. The molecule has 2 aromatic carbocycles. The number of benzene rings is 2. The zero-order chi connectivity index (χ0) is 22.5. The third kappa shape index (κ3) is 3.37. The van der Waals surface area contributed by atoms with E-state index in [0.717, 1.165) is 16.8 Å². The molecule has 0 bridgehead atoms. The summed E-state index contributed by atoms with van der Waals surface area (Å²) in [7, 11) is 1.58. The number of nitrogens with zero attached hydrogens (tertiary/aromatic N) is 3. The number of halogens is 3. The van der Waals surface area contributed by atoms with Crippen molar-refractivity contribution in [3.8, 4) is 5.75 Å². The molecule has 168 valence electrons. The molecule has 0 saturated carbocycles. The van der Waals surface area contributed by atoms with E-state index < -0.39 is 11.7 Å². The second-order valence-corrected chi connectivity index (χ2v) is 8.00. The van der Waals surface area contributed by atoms with Crippen LogP contribution >= 0.6 is 0 Å². The third-order valence-electron chi connectivity index (χ3n) is 6.07. The number of hydrogen-bond acceptors (Lipinski definition) is 6. The molecular weight excluding hydrogens is 419 g/mol. The van der Waals surface area contributed by atoms with Gasteiger partial charge in [0.2, 0.25) is 0 Å². The molecule has 0 amide bonds. The van der Waals surface area contributed by atoms with Crippen molar-refractivity contribution in [1.82, 2.24) is 10.3 Å². The summed E-state index contributed by atoms with van der Waals surface area (Å²) in [4.78, 5) is 8.21. The van der Waals surface area contributed by atoms with Crippen LogP contribution in [0.5, 0.6) is 5.75 Å². The van der Waals surface area contributed by atoms with Crippen LogP contribution in [0.1, 0.15) is 12.5 Å². The summed E-state index contributed by atoms with van der Waals surface area (Å²) in [5, 5.41) is 7.34. The van der Waals surface area contributed by atoms with Crippen LogP contribution in [0, 0.1) is 0 Å². The zero-order valence-electron chi connectivity index (χ0n) is 17.8. The molecule has 1 atom stereocenters. The predicted octanol–water partition coefficient (Wildman–Crippen LogP) is 4.58. The van der Waals surface area contributed by atoms with Crippen molar-refractivity contribution in [1.29, 1.82) is 0 Å². The van der Waals surface area contributed by atoms with E-state index in [-0.39, 0.29) is 11.9 Å². The van der Waals surface area contributed by atoms with Crippen molar-refractivity contribution in [2.24, 2.45) is 0 Å². The average molecular weight is 443 g/mol. The minimum Gasteiger partial charge on any atom is -0.494 e. The lowest BCUT2D eigenvalue weighted by molar-refractivity contribution is -0.137. The van der Waals surface area contributed by atoms with Crippen LogP contribution < -0.4 is 25.2 Å². The van der Waals surface area contributed by atoms with Gasteiger partial charge in [-0.1, -0.05) is 12.1 Å². The van der Waals surface area contributed by atoms with E-state index in [1.54, 1.807) is 30.3 Å². The van der Waals surface area contributed by atoms with Crippen molar-refractivity contribution in [2.45, 2.75) is 19.3 Å². The molecule has 2 N–H and O–H groups in total. The van der Waals surface area contributed by atoms with E-state index in [2.05, 4.69) is 15.6 Å². The van der Waals surface area contributed by atoms with E-state index in [4.69, 9.17) is 4.74 Å². The Kier molecular flexibility index (Phi) is 5.00. The van der Waals surface area contributed by atoms with Gasteiger partial charge in [0.25, 0.3) is 0 Å². The van der Waals surface area contributed by atoms with Gasteiger partial charge >= 0.3 is 6.18 Å². The molecular formula is C23H24F3N5O. The maximum absolute atomic E-state index is 14.1. The van der Waals surface area contributed by atoms with Gasteiger partial charge in [0, 0.05) is 42.9 Å². The quantitative estimate of drug-likeness (QED) is 0.618. The number of anilines is 4. The molecule has 1 unspecified atom stereocenters. The normalized spacial score (nSPS) is 18.6. The Bertz CT molecular complexity index is 1160. The van der Waals surface area contributed by atoms with Crippen LogP contribution in [-0.4, -0.2) is 44.4 Å². The number of para-hydroxylation sites is 1. The molecule has 1 saturated heterocycles. The van der Waals surface area contributed by atoms with Gasteiger partial charge in [0.15, 0.2) is 0 Å². The molecule has 9 heteroatoms. The molecule has 0 radical (unpaired) electrons. The molecule has 0 aliphatic carbocycles. The number of hydrogen-bond donors (Lipinski definition) is 2. The molecule has 2 aliphatic heterocycles.